The molecule has 3 aromatic rings. The summed E-state index contributed by atoms with van der Waals surface area (Å²) < 4.78 is 13.9. The topological polar surface area (TPSA) is 58.1 Å². The lowest BCUT2D eigenvalue weighted by atomic mass is 9.96. The zero-order valence-corrected chi connectivity index (χ0v) is 18.8. The summed E-state index contributed by atoms with van der Waals surface area (Å²) in [6.45, 7) is 6.56. The van der Waals surface area contributed by atoms with E-state index in [1.807, 2.05) is 19.9 Å². The van der Waals surface area contributed by atoms with Crippen molar-refractivity contribution in [1.82, 2.24) is 14.9 Å². The summed E-state index contributed by atoms with van der Waals surface area (Å²) in [5, 5.41) is 6.79. The van der Waals surface area contributed by atoms with Crippen molar-refractivity contribution < 1.29 is 9.18 Å². The molecule has 0 unspecified atom stereocenters. The Hall–Kier alpha value is -2.16. The van der Waals surface area contributed by atoms with Crippen LogP contribution in [0.1, 0.15) is 39.7 Å². The molecule has 0 spiro atoms. The number of halogens is 1. The molecule has 1 aliphatic heterocycles. The smallest absolute Gasteiger partial charge is 0.229 e. The number of carbonyl (C=O) groups is 1. The van der Waals surface area contributed by atoms with E-state index in [4.69, 9.17) is 0 Å². The second kappa shape index (κ2) is 9.32. The second-order valence-corrected chi connectivity index (χ2v) is 9.84. The summed E-state index contributed by atoms with van der Waals surface area (Å²) in [6, 6.07) is 6.77. The third-order valence-electron chi connectivity index (χ3n) is 5.44. The standard InChI is InChI=1S/C22H25FN4OS2/c1-14-20(11-17-5-3-4-6-19(17)23)30-22(24-14)26-21(28)16-7-9-27(10-8-16)12-18-13-29-15(2)25-18/h3-6,13,16H,7-12H2,1-2H3,(H,24,26,28). The fourth-order valence-electron chi connectivity index (χ4n) is 3.73. The van der Waals surface area contributed by atoms with E-state index in [-0.39, 0.29) is 17.6 Å². The SMILES string of the molecule is Cc1nc(CN2CCC(C(=O)Nc3nc(C)c(Cc4ccccc4F)s3)CC2)cs1. The predicted molar refractivity (Wildman–Crippen MR) is 120 cm³/mol. The van der Waals surface area contributed by atoms with Gasteiger partial charge >= 0.3 is 0 Å². The van der Waals surface area contributed by atoms with Gasteiger partial charge in [0.1, 0.15) is 5.82 Å². The summed E-state index contributed by atoms with van der Waals surface area (Å²) >= 11 is 3.11. The van der Waals surface area contributed by atoms with Crippen LogP contribution in [-0.2, 0) is 17.8 Å². The fraction of sp³-hybridized carbons (Fsp3) is 0.409. The molecule has 1 N–H and O–H groups in total. The van der Waals surface area contributed by atoms with E-state index < -0.39 is 0 Å². The van der Waals surface area contributed by atoms with E-state index in [0.717, 1.165) is 53.7 Å². The van der Waals surface area contributed by atoms with Crippen LogP contribution in [0.3, 0.4) is 0 Å². The first-order valence-electron chi connectivity index (χ1n) is 10.1. The molecule has 2 aromatic heterocycles. The lowest BCUT2D eigenvalue weighted by molar-refractivity contribution is -0.121. The Morgan fingerprint density at radius 3 is 2.70 bits per heavy atom. The van der Waals surface area contributed by atoms with Gasteiger partial charge in [0.25, 0.3) is 0 Å². The molecule has 0 saturated carbocycles. The molecule has 158 valence electrons. The van der Waals surface area contributed by atoms with E-state index in [1.165, 1.54) is 17.4 Å². The van der Waals surface area contributed by atoms with Crippen LogP contribution in [0.15, 0.2) is 29.6 Å². The molecule has 8 heteroatoms. The minimum Gasteiger partial charge on any atom is -0.302 e. The van der Waals surface area contributed by atoms with Crippen LogP contribution in [-0.4, -0.2) is 33.9 Å². The van der Waals surface area contributed by atoms with Gasteiger partial charge in [-0.1, -0.05) is 18.2 Å². The van der Waals surface area contributed by atoms with Crippen molar-refractivity contribution in [3.8, 4) is 0 Å². The number of benzene rings is 1. The van der Waals surface area contributed by atoms with Crippen molar-refractivity contribution in [1.29, 1.82) is 0 Å². The number of hydrogen-bond acceptors (Lipinski definition) is 6. The van der Waals surface area contributed by atoms with E-state index in [0.29, 0.717) is 17.1 Å². The number of piperidine rings is 1. The monoisotopic (exact) mass is 444 g/mol. The minimum absolute atomic E-state index is 0.00218. The molecule has 0 atom stereocenters. The van der Waals surface area contributed by atoms with Gasteiger partial charge in [-0.25, -0.2) is 14.4 Å². The number of hydrogen-bond donors (Lipinski definition) is 1. The maximum absolute atomic E-state index is 13.9. The second-order valence-electron chi connectivity index (χ2n) is 7.69. The van der Waals surface area contributed by atoms with Crippen molar-refractivity contribution in [3.05, 3.63) is 62.3 Å². The Kier molecular flexibility index (Phi) is 6.55. The van der Waals surface area contributed by atoms with E-state index in [1.54, 1.807) is 23.5 Å². The van der Waals surface area contributed by atoms with Crippen molar-refractivity contribution >= 4 is 33.7 Å². The summed E-state index contributed by atoms with van der Waals surface area (Å²) in [4.78, 5) is 25.1. The lowest BCUT2D eigenvalue weighted by Gasteiger charge is -2.30. The van der Waals surface area contributed by atoms with Gasteiger partial charge in [0.05, 0.1) is 16.4 Å². The van der Waals surface area contributed by atoms with Gasteiger partial charge in [0, 0.05) is 29.1 Å². The zero-order valence-electron chi connectivity index (χ0n) is 17.2. The van der Waals surface area contributed by atoms with E-state index in [2.05, 4.69) is 25.6 Å². The average Bonchev–Trinajstić information content (AvgIpc) is 3.29. The summed E-state index contributed by atoms with van der Waals surface area (Å²) in [7, 11) is 0. The quantitative estimate of drug-likeness (QED) is 0.594. The number of nitrogens with zero attached hydrogens (tertiary/aromatic N) is 3. The highest BCUT2D eigenvalue weighted by Crippen LogP contribution is 2.28. The maximum Gasteiger partial charge on any atom is 0.229 e. The molecule has 1 saturated heterocycles. The van der Waals surface area contributed by atoms with Crippen LogP contribution in [0.25, 0.3) is 0 Å². The number of rotatable bonds is 6. The first-order valence-corrected chi connectivity index (χ1v) is 11.8. The Balaban J connectivity index is 1.31. The zero-order chi connectivity index (χ0) is 21.1. The molecule has 1 fully saturated rings. The van der Waals surface area contributed by atoms with Crippen molar-refractivity contribution in [2.45, 2.75) is 39.7 Å². The van der Waals surface area contributed by atoms with E-state index in [9.17, 15) is 9.18 Å². The highest BCUT2D eigenvalue weighted by atomic mass is 32.1. The lowest BCUT2D eigenvalue weighted by Crippen LogP contribution is -2.37. The molecule has 4 rings (SSSR count). The van der Waals surface area contributed by atoms with Crippen molar-refractivity contribution in [3.63, 3.8) is 0 Å². The Bertz CT molecular complexity index is 1020. The first kappa shape index (κ1) is 21.1. The third-order valence-corrected chi connectivity index (χ3v) is 7.34. The van der Waals surface area contributed by atoms with Crippen LogP contribution < -0.4 is 5.32 Å². The number of likely N-dealkylation sites (tertiary alicyclic amines) is 1. The van der Waals surface area contributed by atoms with Gasteiger partial charge in [0.15, 0.2) is 5.13 Å². The highest BCUT2D eigenvalue weighted by Gasteiger charge is 2.26. The molecule has 0 aliphatic carbocycles. The molecule has 1 aromatic carbocycles. The molecule has 30 heavy (non-hydrogen) atoms. The van der Waals surface area contributed by atoms with Crippen LogP contribution in [0.2, 0.25) is 0 Å². The molecular formula is C22H25FN4OS2. The van der Waals surface area contributed by atoms with Crippen LogP contribution in [0, 0.1) is 25.6 Å². The molecule has 0 bridgehead atoms. The van der Waals surface area contributed by atoms with Crippen molar-refractivity contribution in [2.24, 2.45) is 5.92 Å². The van der Waals surface area contributed by atoms with Crippen LogP contribution in [0.4, 0.5) is 9.52 Å². The number of nitrogens with one attached hydrogen (secondary N) is 1. The van der Waals surface area contributed by atoms with Crippen LogP contribution in [0.5, 0.6) is 0 Å². The Morgan fingerprint density at radius 1 is 1.23 bits per heavy atom. The highest BCUT2D eigenvalue weighted by molar-refractivity contribution is 7.15. The van der Waals surface area contributed by atoms with Gasteiger partial charge < -0.3 is 5.32 Å². The number of aryl methyl sites for hydroxylation is 2. The minimum atomic E-state index is -0.213. The van der Waals surface area contributed by atoms with Gasteiger partial charge in [-0.3, -0.25) is 9.69 Å². The average molecular weight is 445 g/mol. The van der Waals surface area contributed by atoms with Gasteiger partial charge in [-0.2, -0.15) is 0 Å². The molecule has 0 radical (unpaired) electrons. The van der Waals surface area contributed by atoms with Crippen LogP contribution >= 0.6 is 22.7 Å². The first-order chi connectivity index (χ1) is 14.5. The van der Waals surface area contributed by atoms with Gasteiger partial charge in [-0.15, -0.1) is 22.7 Å². The number of aromatic nitrogens is 2. The number of anilines is 1. The molecule has 5 nitrogen and oxygen atoms in total. The number of carbonyl (C=O) groups excluding carboxylic acids is 1. The normalized spacial score (nSPS) is 15.4. The predicted octanol–water partition coefficient (Wildman–Crippen LogP) is 4.80. The van der Waals surface area contributed by atoms with Crippen molar-refractivity contribution in [2.75, 3.05) is 18.4 Å². The Morgan fingerprint density at radius 2 is 2.00 bits per heavy atom. The largest absolute Gasteiger partial charge is 0.302 e. The third kappa shape index (κ3) is 5.11. The number of amides is 1. The summed E-state index contributed by atoms with van der Waals surface area (Å²) in [6.07, 6.45) is 2.16. The fourth-order valence-corrected chi connectivity index (χ4v) is 5.32. The molecule has 1 amide bonds. The summed E-state index contributed by atoms with van der Waals surface area (Å²) in [5.41, 5.74) is 2.60. The summed E-state index contributed by atoms with van der Waals surface area (Å²) in [5.74, 6) is -0.182. The van der Waals surface area contributed by atoms with Gasteiger partial charge in [0.2, 0.25) is 5.91 Å². The molecular weight excluding hydrogens is 419 g/mol. The molecule has 3 heterocycles. The van der Waals surface area contributed by atoms with E-state index >= 15 is 0 Å². The Labute approximate surface area is 184 Å². The van der Waals surface area contributed by atoms with Gasteiger partial charge in [-0.05, 0) is 51.4 Å². The number of thiazole rings is 2. The molecule has 1 aliphatic rings. The maximum atomic E-state index is 13.9.